The first-order valence-corrected chi connectivity index (χ1v) is 10.9. The van der Waals surface area contributed by atoms with Crippen molar-refractivity contribution in [1.82, 2.24) is 4.90 Å². The summed E-state index contributed by atoms with van der Waals surface area (Å²) in [4.78, 5) is 30.1. The van der Waals surface area contributed by atoms with E-state index in [2.05, 4.69) is 11.8 Å². The summed E-state index contributed by atoms with van der Waals surface area (Å²) >= 11 is 0. The third kappa shape index (κ3) is 4.07. The number of amides is 2. The van der Waals surface area contributed by atoms with E-state index < -0.39 is 0 Å². The Bertz CT molecular complexity index is 768. The molecule has 6 heteroatoms. The minimum absolute atomic E-state index is 0.00332. The van der Waals surface area contributed by atoms with Gasteiger partial charge >= 0.3 is 0 Å². The summed E-state index contributed by atoms with van der Waals surface area (Å²) in [6.45, 7) is 2.75. The van der Waals surface area contributed by atoms with Gasteiger partial charge in [0.2, 0.25) is 11.8 Å². The topological polar surface area (TPSA) is 59.1 Å². The van der Waals surface area contributed by atoms with E-state index in [1.165, 1.54) is 12.8 Å². The Morgan fingerprint density at radius 1 is 1.00 bits per heavy atom. The maximum Gasteiger partial charge on any atom is 0.228 e. The van der Waals surface area contributed by atoms with Crippen LogP contribution in [0, 0.1) is 11.8 Å². The van der Waals surface area contributed by atoms with E-state index in [9.17, 15) is 9.59 Å². The Kier molecular flexibility index (Phi) is 5.70. The van der Waals surface area contributed by atoms with Crippen LogP contribution >= 0.6 is 0 Å². The van der Waals surface area contributed by atoms with Crippen LogP contribution in [0.25, 0.3) is 0 Å². The zero-order valence-corrected chi connectivity index (χ0v) is 17.7. The number of hydrogen-bond acceptors (Lipinski definition) is 4. The number of carbonyl (C=O) groups is 2. The van der Waals surface area contributed by atoms with Crippen molar-refractivity contribution >= 4 is 17.5 Å². The van der Waals surface area contributed by atoms with Crippen molar-refractivity contribution in [3.8, 4) is 11.5 Å². The van der Waals surface area contributed by atoms with Crippen molar-refractivity contribution in [3.63, 3.8) is 0 Å². The van der Waals surface area contributed by atoms with Gasteiger partial charge < -0.3 is 19.3 Å². The number of hydrogen-bond donors (Lipinski definition) is 0. The number of ether oxygens (including phenoxy) is 2. The van der Waals surface area contributed by atoms with Gasteiger partial charge in [-0.1, -0.05) is 6.92 Å². The summed E-state index contributed by atoms with van der Waals surface area (Å²) < 4.78 is 10.7. The third-order valence-corrected chi connectivity index (χ3v) is 6.73. The third-order valence-electron chi connectivity index (χ3n) is 6.73. The molecule has 3 aliphatic rings. The molecule has 2 aliphatic carbocycles. The van der Waals surface area contributed by atoms with Gasteiger partial charge in [-0.25, -0.2) is 0 Å². The fourth-order valence-corrected chi connectivity index (χ4v) is 4.86. The Hall–Kier alpha value is -2.24. The molecule has 0 radical (unpaired) electrons. The molecule has 1 aromatic rings. The van der Waals surface area contributed by atoms with Crippen LogP contribution in [0.15, 0.2) is 18.2 Å². The zero-order chi connectivity index (χ0) is 20.5. The number of rotatable bonds is 6. The van der Waals surface area contributed by atoms with Gasteiger partial charge in [0.1, 0.15) is 0 Å². The first kappa shape index (κ1) is 20.0. The molecule has 0 spiro atoms. The van der Waals surface area contributed by atoms with Crippen molar-refractivity contribution in [3.05, 3.63) is 18.2 Å². The highest BCUT2D eigenvalue weighted by atomic mass is 16.5. The first-order valence-electron chi connectivity index (χ1n) is 10.9. The summed E-state index contributed by atoms with van der Waals surface area (Å²) in [7, 11) is 3.17. The molecule has 2 amide bonds. The number of carbonyl (C=O) groups excluding carboxylic acids is 2. The lowest BCUT2D eigenvalue weighted by Crippen LogP contribution is -2.47. The minimum Gasteiger partial charge on any atom is -0.493 e. The lowest BCUT2D eigenvalue weighted by Gasteiger charge is -2.37. The van der Waals surface area contributed by atoms with E-state index in [0.717, 1.165) is 37.3 Å². The average molecular weight is 401 g/mol. The Labute approximate surface area is 173 Å². The van der Waals surface area contributed by atoms with E-state index in [4.69, 9.17) is 9.47 Å². The molecule has 1 heterocycles. The first-order chi connectivity index (χ1) is 14.0. The Morgan fingerprint density at radius 3 is 2.21 bits per heavy atom. The molecule has 1 aromatic carbocycles. The van der Waals surface area contributed by atoms with Crippen LogP contribution in [0.5, 0.6) is 11.5 Å². The molecule has 0 aromatic heterocycles. The van der Waals surface area contributed by atoms with Gasteiger partial charge in [0.05, 0.1) is 20.1 Å². The van der Waals surface area contributed by atoms with E-state index in [0.29, 0.717) is 36.5 Å². The van der Waals surface area contributed by atoms with E-state index in [1.54, 1.807) is 25.2 Å². The summed E-state index contributed by atoms with van der Waals surface area (Å²) in [6.07, 6.45) is 7.10. The van der Waals surface area contributed by atoms with Crippen LogP contribution in [-0.2, 0) is 9.59 Å². The van der Waals surface area contributed by atoms with Crippen LogP contribution in [0.1, 0.15) is 51.9 Å². The van der Waals surface area contributed by atoms with Crippen molar-refractivity contribution in [2.24, 2.45) is 11.8 Å². The second kappa shape index (κ2) is 8.25. The van der Waals surface area contributed by atoms with Crippen LogP contribution in [-0.4, -0.2) is 49.6 Å². The molecule has 1 saturated heterocycles. The monoisotopic (exact) mass is 400 g/mol. The van der Waals surface area contributed by atoms with Crippen LogP contribution in [0.4, 0.5) is 5.69 Å². The number of methoxy groups -OCH3 is 2. The zero-order valence-electron chi connectivity index (χ0n) is 17.7. The van der Waals surface area contributed by atoms with Gasteiger partial charge in [-0.05, 0) is 56.6 Å². The molecule has 1 unspecified atom stereocenters. The van der Waals surface area contributed by atoms with Crippen molar-refractivity contribution in [2.75, 3.05) is 25.7 Å². The predicted molar refractivity (Wildman–Crippen MR) is 111 cm³/mol. The second-order valence-electron chi connectivity index (χ2n) is 8.84. The molecule has 4 rings (SSSR count). The predicted octanol–water partition coefficient (Wildman–Crippen LogP) is 3.63. The Morgan fingerprint density at radius 2 is 1.62 bits per heavy atom. The maximum absolute atomic E-state index is 13.5. The quantitative estimate of drug-likeness (QED) is 0.732. The molecule has 158 valence electrons. The van der Waals surface area contributed by atoms with Gasteiger partial charge in [0.15, 0.2) is 11.5 Å². The van der Waals surface area contributed by atoms with Crippen molar-refractivity contribution in [1.29, 1.82) is 0 Å². The molecule has 0 bridgehead atoms. The molecule has 1 aliphatic heterocycles. The van der Waals surface area contributed by atoms with Crippen LogP contribution in [0.3, 0.4) is 0 Å². The number of benzene rings is 1. The smallest absolute Gasteiger partial charge is 0.228 e. The number of anilines is 1. The van der Waals surface area contributed by atoms with Gasteiger partial charge in [-0.15, -0.1) is 0 Å². The van der Waals surface area contributed by atoms with E-state index in [-0.39, 0.29) is 17.7 Å². The molecule has 29 heavy (non-hydrogen) atoms. The molecule has 6 nitrogen and oxygen atoms in total. The van der Waals surface area contributed by atoms with Gasteiger partial charge in [0, 0.05) is 36.8 Å². The largest absolute Gasteiger partial charge is 0.493 e. The van der Waals surface area contributed by atoms with Gasteiger partial charge in [-0.3, -0.25) is 9.59 Å². The van der Waals surface area contributed by atoms with Gasteiger partial charge in [-0.2, -0.15) is 0 Å². The lowest BCUT2D eigenvalue weighted by atomic mass is 9.86. The van der Waals surface area contributed by atoms with Crippen molar-refractivity contribution < 1.29 is 19.1 Å². The standard InChI is InChI=1S/C23H32N2O4/c1-15-4-6-17(7-5-15)25(18-8-9-18)23(27)16-12-22(26)24(14-16)19-10-11-20(28-2)21(13-19)29-3/h10-11,13,15-18H,4-9,12,14H2,1-3H3. The summed E-state index contributed by atoms with van der Waals surface area (Å²) in [5.41, 5.74) is 0.757. The maximum atomic E-state index is 13.5. The van der Waals surface area contributed by atoms with Gasteiger partial charge in [0.25, 0.3) is 0 Å². The molecule has 0 N–H and O–H groups in total. The summed E-state index contributed by atoms with van der Waals surface area (Å²) in [5.74, 6) is 1.91. The van der Waals surface area contributed by atoms with Crippen molar-refractivity contribution in [2.45, 2.75) is 64.0 Å². The Balaban J connectivity index is 1.48. The highest BCUT2D eigenvalue weighted by Crippen LogP contribution is 2.39. The van der Waals surface area contributed by atoms with E-state index in [1.807, 2.05) is 12.1 Å². The molecule has 2 saturated carbocycles. The fraction of sp³-hybridized carbons (Fsp3) is 0.652. The SMILES string of the molecule is COc1ccc(N2CC(C(=O)N(C3CCC(C)CC3)C3CC3)CC2=O)cc1OC. The minimum atomic E-state index is -0.254. The lowest BCUT2D eigenvalue weighted by molar-refractivity contribution is -0.139. The van der Waals surface area contributed by atoms with Crippen LogP contribution < -0.4 is 14.4 Å². The number of nitrogens with zero attached hydrogens (tertiary/aromatic N) is 2. The normalized spacial score (nSPS) is 27.1. The molecular formula is C23H32N2O4. The van der Waals surface area contributed by atoms with E-state index >= 15 is 0 Å². The highest BCUT2D eigenvalue weighted by molar-refractivity contribution is 6.00. The molecule has 3 fully saturated rings. The second-order valence-corrected chi connectivity index (χ2v) is 8.84. The molecule has 1 atom stereocenters. The highest BCUT2D eigenvalue weighted by Gasteiger charge is 2.44. The summed E-state index contributed by atoms with van der Waals surface area (Å²) in [6, 6.07) is 6.22. The summed E-state index contributed by atoms with van der Waals surface area (Å²) in [5, 5.41) is 0. The average Bonchev–Trinajstić information content (AvgIpc) is 3.49. The van der Waals surface area contributed by atoms with Crippen LogP contribution in [0.2, 0.25) is 0 Å². The fourth-order valence-electron chi connectivity index (χ4n) is 4.86. The molecular weight excluding hydrogens is 368 g/mol.